The van der Waals surface area contributed by atoms with E-state index in [9.17, 15) is 14.3 Å². The van der Waals surface area contributed by atoms with Gasteiger partial charge in [-0.05, 0) is 37.8 Å². The molecular formula is C25H30FN3O5. The number of methoxy groups -OCH3 is 1. The van der Waals surface area contributed by atoms with Crippen molar-refractivity contribution >= 4 is 17.3 Å². The molecule has 2 aliphatic heterocycles. The van der Waals surface area contributed by atoms with Crippen molar-refractivity contribution in [1.82, 2.24) is 9.88 Å². The van der Waals surface area contributed by atoms with Crippen LogP contribution in [-0.2, 0) is 4.79 Å². The van der Waals surface area contributed by atoms with Crippen molar-refractivity contribution in [3.05, 3.63) is 36.3 Å². The van der Waals surface area contributed by atoms with Gasteiger partial charge < -0.3 is 29.1 Å². The Morgan fingerprint density at radius 3 is 2.76 bits per heavy atom. The van der Waals surface area contributed by atoms with E-state index in [2.05, 4.69) is 4.98 Å². The van der Waals surface area contributed by atoms with Gasteiger partial charge in [0.2, 0.25) is 11.8 Å². The van der Waals surface area contributed by atoms with Crippen LogP contribution in [0.4, 0.5) is 15.8 Å². The average molecular weight is 472 g/mol. The second kappa shape index (κ2) is 9.66. The van der Waals surface area contributed by atoms with E-state index >= 15 is 0 Å². The van der Waals surface area contributed by atoms with Crippen molar-refractivity contribution in [2.75, 3.05) is 38.3 Å². The molecule has 1 aromatic carbocycles. The molecule has 1 unspecified atom stereocenters. The number of halogens is 1. The summed E-state index contributed by atoms with van der Waals surface area (Å²) >= 11 is 0. The summed E-state index contributed by atoms with van der Waals surface area (Å²) in [6, 6.07) is 7.01. The van der Waals surface area contributed by atoms with Crippen LogP contribution in [-0.4, -0.2) is 66.5 Å². The van der Waals surface area contributed by atoms with Crippen LogP contribution in [0.1, 0.15) is 32.1 Å². The molecule has 9 heteroatoms. The fourth-order valence-electron chi connectivity index (χ4n) is 5.05. The number of fused-ring (bicyclic) bond motifs is 1. The zero-order chi connectivity index (χ0) is 23.7. The molecule has 3 aliphatic rings. The van der Waals surface area contributed by atoms with Crippen molar-refractivity contribution in [2.24, 2.45) is 5.92 Å². The van der Waals surface area contributed by atoms with Crippen molar-refractivity contribution in [3.8, 4) is 17.4 Å². The molecule has 0 radical (unpaired) electrons. The van der Waals surface area contributed by atoms with Gasteiger partial charge in [-0.2, -0.15) is 0 Å². The van der Waals surface area contributed by atoms with E-state index in [0.717, 1.165) is 24.9 Å². The number of aliphatic hydroxyl groups is 1. The SMILES string of the molecule is COc1ncc(N2CCOc3ccc(OC4CCN(C(=O)C5CCC(O)CC5)C4)cc32)cc1F. The van der Waals surface area contributed by atoms with Gasteiger partial charge in [0.1, 0.15) is 24.2 Å². The Hall–Kier alpha value is -3.07. The number of pyridine rings is 1. The first-order chi connectivity index (χ1) is 16.5. The van der Waals surface area contributed by atoms with Crippen LogP contribution in [0.5, 0.6) is 17.4 Å². The number of carbonyl (C=O) groups excluding carboxylic acids is 1. The quantitative estimate of drug-likeness (QED) is 0.716. The van der Waals surface area contributed by atoms with Gasteiger partial charge in [0.15, 0.2) is 5.82 Å². The van der Waals surface area contributed by atoms with Crippen LogP contribution >= 0.6 is 0 Å². The van der Waals surface area contributed by atoms with Gasteiger partial charge in [0, 0.05) is 31.0 Å². The third-order valence-corrected chi connectivity index (χ3v) is 6.90. The highest BCUT2D eigenvalue weighted by Crippen LogP contribution is 2.40. The summed E-state index contributed by atoms with van der Waals surface area (Å²) in [5.41, 5.74) is 1.39. The number of carbonyl (C=O) groups is 1. The number of amides is 1. The maximum Gasteiger partial charge on any atom is 0.250 e. The van der Waals surface area contributed by atoms with Gasteiger partial charge in [-0.15, -0.1) is 0 Å². The average Bonchev–Trinajstić information content (AvgIpc) is 3.32. The number of hydrogen-bond donors (Lipinski definition) is 1. The lowest BCUT2D eigenvalue weighted by molar-refractivity contribution is -0.136. The van der Waals surface area contributed by atoms with Gasteiger partial charge in [0.25, 0.3) is 0 Å². The van der Waals surface area contributed by atoms with Crippen LogP contribution in [0.15, 0.2) is 30.5 Å². The standard InChI is InChI=1S/C25H30FN3O5/c1-32-24-21(26)12-17(14-27-24)29-10-11-33-23-7-6-19(13-22(23)29)34-20-8-9-28(15-20)25(31)16-2-4-18(30)5-3-16/h6-7,12-14,16,18,20,30H,2-5,8-11,15H2,1H3. The second-order valence-corrected chi connectivity index (χ2v) is 9.13. The number of hydrogen-bond acceptors (Lipinski definition) is 7. The van der Waals surface area contributed by atoms with Gasteiger partial charge in [0.05, 0.1) is 43.9 Å². The molecule has 5 rings (SSSR count). The van der Waals surface area contributed by atoms with Crippen molar-refractivity contribution in [1.29, 1.82) is 0 Å². The highest BCUT2D eigenvalue weighted by Gasteiger charge is 2.34. The maximum absolute atomic E-state index is 14.3. The lowest BCUT2D eigenvalue weighted by Gasteiger charge is -2.31. The maximum atomic E-state index is 14.3. The molecule has 1 amide bonds. The molecule has 1 atom stereocenters. The van der Waals surface area contributed by atoms with E-state index in [4.69, 9.17) is 14.2 Å². The van der Waals surface area contributed by atoms with Crippen LogP contribution in [0.3, 0.4) is 0 Å². The predicted octanol–water partition coefficient (Wildman–Crippen LogP) is 3.29. The van der Waals surface area contributed by atoms with E-state index in [0.29, 0.717) is 56.3 Å². The number of benzene rings is 1. The van der Waals surface area contributed by atoms with Crippen LogP contribution in [0.2, 0.25) is 0 Å². The van der Waals surface area contributed by atoms with Crippen molar-refractivity contribution in [2.45, 2.75) is 44.3 Å². The second-order valence-electron chi connectivity index (χ2n) is 9.13. The zero-order valence-electron chi connectivity index (χ0n) is 19.3. The fourth-order valence-corrected chi connectivity index (χ4v) is 5.05. The van der Waals surface area contributed by atoms with Crippen LogP contribution in [0, 0.1) is 11.7 Å². The molecule has 1 N–H and O–H groups in total. The first kappa shape index (κ1) is 22.7. The molecule has 1 saturated heterocycles. The van der Waals surface area contributed by atoms with Crippen LogP contribution in [0.25, 0.3) is 0 Å². The van der Waals surface area contributed by atoms with Gasteiger partial charge in [-0.25, -0.2) is 9.37 Å². The lowest BCUT2D eigenvalue weighted by atomic mass is 9.86. The Bertz CT molecular complexity index is 1040. The number of likely N-dealkylation sites (tertiary alicyclic amines) is 1. The summed E-state index contributed by atoms with van der Waals surface area (Å²) in [5, 5.41) is 9.71. The number of anilines is 2. The van der Waals surface area contributed by atoms with E-state index in [1.807, 2.05) is 28.0 Å². The molecule has 0 bridgehead atoms. The number of ether oxygens (including phenoxy) is 3. The minimum Gasteiger partial charge on any atom is -0.490 e. The molecule has 3 heterocycles. The normalized spacial score (nSPS) is 24.4. The summed E-state index contributed by atoms with van der Waals surface area (Å²) in [4.78, 5) is 20.8. The first-order valence-electron chi connectivity index (χ1n) is 11.9. The largest absolute Gasteiger partial charge is 0.490 e. The summed E-state index contributed by atoms with van der Waals surface area (Å²) < 4.78 is 31.2. The molecular weight excluding hydrogens is 441 g/mol. The summed E-state index contributed by atoms with van der Waals surface area (Å²) in [6.45, 7) is 2.26. The Labute approximate surface area is 198 Å². The molecule has 34 heavy (non-hydrogen) atoms. The topological polar surface area (TPSA) is 84.4 Å². The summed E-state index contributed by atoms with van der Waals surface area (Å²) in [7, 11) is 1.38. The third kappa shape index (κ3) is 4.61. The van der Waals surface area contributed by atoms with Crippen molar-refractivity contribution in [3.63, 3.8) is 0 Å². The molecule has 1 saturated carbocycles. The van der Waals surface area contributed by atoms with E-state index in [1.165, 1.54) is 13.2 Å². The Morgan fingerprint density at radius 1 is 1.18 bits per heavy atom. The van der Waals surface area contributed by atoms with Crippen molar-refractivity contribution < 1.29 is 28.5 Å². The van der Waals surface area contributed by atoms with E-state index < -0.39 is 5.82 Å². The van der Waals surface area contributed by atoms with Gasteiger partial charge in [-0.3, -0.25) is 4.79 Å². The zero-order valence-corrected chi connectivity index (χ0v) is 19.3. The van der Waals surface area contributed by atoms with E-state index in [1.54, 1.807) is 6.20 Å². The highest BCUT2D eigenvalue weighted by molar-refractivity contribution is 5.79. The van der Waals surface area contributed by atoms with Gasteiger partial charge >= 0.3 is 0 Å². The molecule has 8 nitrogen and oxygen atoms in total. The Morgan fingerprint density at radius 2 is 2.00 bits per heavy atom. The number of aliphatic hydroxyl groups excluding tert-OH is 1. The minimum absolute atomic E-state index is 0.00935. The smallest absolute Gasteiger partial charge is 0.250 e. The van der Waals surface area contributed by atoms with Crippen LogP contribution < -0.4 is 19.1 Å². The molecule has 0 spiro atoms. The minimum atomic E-state index is -0.524. The Kier molecular flexibility index (Phi) is 6.45. The van der Waals surface area contributed by atoms with E-state index in [-0.39, 0.29) is 29.9 Å². The lowest BCUT2D eigenvalue weighted by Crippen LogP contribution is -2.37. The molecule has 2 fully saturated rings. The molecule has 1 aromatic heterocycles. The molecule has 182 valence electrons. The first-order valence-corrected chi connectivity index (χ1v) is 11.9. The number of rotatable bonds is 5. The molecule has 2 aromatic rings. The number of aromatic nitrogens is 1. The summed E-state index contributed by atoms with van der Waals surface area (Å²) in [6.07, 6.45) is 4.90. The predicted molar refractivity (Wildman–Crippen MR) is 123 cm³/mol. The Balaban J connectivity index is 1.27. The third-order valence-electron chi connectivity index (χ3n) is 6.90. The summed E-state index contributed by atoms with van der Waals surface area (Å²) in [5.74, 6) is 0.990. The highest BCUT2D eigenvalue weighted by atomic mass is 19.1. The van der Waals surface area contributed by atoms with Gasteiger partial charge in [-0.1, -0.05) is 0 Å². The number of nitrogens with zero attached hydrogens (tertiary/aromatic N) is 3. The molecule has 1 aliphatic carbocycles. The fraction of sp³-hybridized carbons (Fsp3) is 0.520. The monoisotopic (exact) mass is 471 g/mol.